The second-order valence-electron chi connectivity index (χ2n) is 17.4. The Kier molecular flexibility index (Phi) is 15.2. The lowest BCUT2D eigenvalue weighted by Crippen LogP contribution is -2.59. The van der Waals surface area contributed by atoms with Crippen molar-refractivity contribution < 1.29 is 29.0 Å². The van der Waals surface area contributed by atoms with Crippen LogP contribution >= 0.6 is 0 Å². The molecule has 3 N–H and O–H groups in total. The number of ether oxygens (including phenoxy) is 1. The minimum Gasteiger partial charge on any atom is -0.452 e. The van der Waals surface area contributed by atoms with Crippen LogP contribution in [0.4, 0.5) is 14.4 Å². The molecule has 0 aliphatic carbocycles. The van der Waals surface area contributed by atoms with Crippen molar-refractivity contribution in [2.45, 2.75) is 99.4 Å². The molecule has 4 atom stereocenters. The highest BCUT2D eigenvalue weighted by Gasteiger charge is 2.41. The normalized spacial score (nSPS) is 15.7. The van der Waals surface area contributed by atoms with Gasteiger partial charge >= 0.3 is 18.2 Å². The van der Waals surface area contributed by atoms with E-state index in [0.717, 1.165) is 26.9 Å². The first-order valence-corrected chi connectivity index (χ1v) is 19.7. The van der Waals surface area contributed by atoms with E-state index in [4.69, 9.17) is 4.74 Å². The van der Waals surface area contributed by atoms with Crippen LogP contribution in [-0.2, 0) is 22.5 Å². The number of nitrogens with zero attached hydrogens (tertiary/aromatic N) is 5. The van der Waals surface area contributed by atoms with Crippen LogP contribution in [0.2, 0.25) is 0 Å². The second kappa shape index (κ2) is 19.4. The smallest absolute Gasteiger partial charge is 0.417 e. The van der Waals surface area contributed by atoms with Crippen molar-refractivity contribution in [1.82, 2.24) is 35.4 Å². The number of hydrazine groups is 1. The zero-order valence-corrected chi connectivity index (χ0v) is 34.7. The first kappa shape index (κ1) is 44.0. The molecule has 4 rings (SSSR count). The van der Waals surface area contributed by atoms with E-state index in [1.165, 1.54) is 7.11 Å². The van der Waals surface area contributed by atoms with Crippen LogP contribution in [0.5, 0.6) is 0 Å². The van der Waals surface area contributed by atoms with Gasteiger partial charge in [0.1, 0.15) is 6.04 Å². The van der Waals surface area contributed by atoms with Crippen LogP contribution in [0.15, 0.2) is 66.9 Å². The Morgan fingerprint density at radius 2 is 1.64 bits per heavy atom. The maximum atomic E-state index is 14.5. The molecule has 0 spiro atoms. The predicted molar refractivity (Wildman–Crippen MR) is 218 cm³/mol. The highest BCUT2D eigenvalue weighted by molar-refractivity contribution is 5.91. The SMILES string of the molecule is CCC(C)C(C(=O)NC(Cc1ccccc1)C(O)CN(CCC(C)(C)C)NC(=O)N(CC(C)(C)C)C(=O)OC)N1CCN(Cc2ccnc3ccccc23)C1=O. The molecule has 1 fully saturated rings. The van der Waals surface area contributed by atoms with Crippen LogP contribution in [0.3, 0.4) is 0 Å². The summed E-state index contributed by atoms with van der Waals surface area (Å²) in [6.45, 7) is 17.6. The van der Waals surface area contributed by atoms with E-state index < -0.39 is 35.7 Å². The minimum atomic E-state index is -1.16. The summed E-state index contributed by atoms with van der Waals surface area (Å²) >= 11 is 0. The molecular formula is C43H63N7O6. The van der Waals surface area contributed by atoms with Gasteiger partial charge in [0.15, 0.2) is 0 Å². The number of carbonyl (C=O) groups excluding carboxylic acids is 4. The molecule has 0 saturated carbocycles. The highest BCUT2D eigenvalue weighted by Crippen LogP contribution is 2.26. The van der Waals surface area contributed by atoms with Gasteiger partial charge in [-0.1, -0.05) is 110 Å². The maximum absolute atomic E-state index is 14.5. The van der Waals surface area contributed by atoms with Crippen molar-refractivity contribution in [3.63, 3.8) is 0 Å². The minimum absolute atomic E-state index is 0.0472. The first-order chi connectivity index (χ1) is 26.4. The number of para-hydroxylation sites is 1. The van der Waals surface area contributed by atoms with E-state index in [2.05, 4.69) is 36.5 Å². The summed E-state index contributed by atoms with van der Waals surface area (Å²) in [6, 6.07) is 16.9. The molecule has 13 heteroatoms. The second-order valence-corrected chi connectivity index (χ2v) is 17.4. The molecule has 4 unspecified atom stereocenters. The predicted octanol–water partition coefficient (Wildman–Crippen LogP) is 6.45. The van der Waals surface area contributed by atoms with Crippen LogP contribution < -0.4 is 10.7 Å². The number of imide groups is 1. The molecule has 2 aromatic carbocycles. The molecule has 6 amide bonds. The molecule has 306 valence electrons. The monoisotopic (exact) mass is 773 g/mol. The lowest BCUT2D eigenvalue weighted by molar-refractivity contribution is -0.128. The average Bonchev–Trinajstić information content (AvgIpc) is 3.50. The molecular weight excluding hydrogens is 711 g/mol. The van der Waals surface area contributed by atoms with Crippen molar-refractivity contribution in [2.24, 2.45) is 16.7 Å². The fourth-order valence-electron chi connectivity index (χ4n) is 6.87. The van der Waals surface area contributed by atoms with Gasteiger partial charge in [-0.15, -0.1) is 0 Å². The molecule has 56 heavy (non-hydrogen) atoms. The fourth-order valence-corrected chi connectivity index (χ4v) is 6.87. The van der Waals surface area contributed by atoms with Crippen molar-refractivity contribution >= 4 is 35.0 Å². The Morgan fingerprint density at radius 1 is 0.964 bits per heavy atom. The number of methoxy groups -OCH3 is 1. The summed E-state index contributed by atoms with van der Waals surface area (Å²) < 4.78 is 4.94. The number of benzene rings is 2. The number of pyridine rings is 1. The molecule has 1 saturated heterocycles. The Bertz CT molecular complexity index is 1770. The topological polar surface area (TPSA) is 148 Å². The van der Waals surface area contributed by atoms with E-state index in [-0.39, 0.29) is 36.4 Å². The Balaban J connectivity index is 1.58. The molecule has 13 nitrogen and oxygen atoms in total. The standard InChI is InChI=1S/C43H63N7O6/c1-10-30(2)37(49-25-24-47(40(49)54)27-32-20-22-44-34-19-15-14-18-33(32)34)38(52)45-35(26-31-16-12-11-13-17-31)36(51)28-48(23-21-42(3,4)5)46-39(53)50(41(55)56-9)29-43(6,7)8/h11-20,22,30,35-37,51H,10,21,23-29H2,1-9H3,(H,45,52)(H,46,53). The Labute approximate surface area is 332 Å². The van der Waals surface area contributed by atoms with Crippen molar-refractivity contribution in [2.75, 3.05) is 39.8 Å². The fraction of sp³-hybridized carbons (Fsp3) is 0.558. The van der Waals surface area contributed by atoms with E-state index in [0.29, 0.717) is 45.4 Å². The first-order valence-electron chi connectivity index (χ1n) is 19.7. The van der Waals surface area contributed by atoms with Gasteiger partial charge in [-0.2, -0.15) is 0 Å². The number of hydrogen-bond donors (Lipinski definition) is 3. The van der Waals surface area contributed by atoms with Crippen LogP contribution in [0, 0.1) is 16.7 Å². The number of aliphatic hydroxyl groups excluding tert-OH is 1. The molecule has 0 bridgehead atoms. The quantitative estimate of drug-likeness (QED) is 0.141. The van der Waals surface area contributed by atoms with E-state index in [1.54, 1.807) is 21.0 Å². The van der Waals surface area contributed by atoms with Crippen LogP contribution in [0.1, 0.15) is 79.4 Å². The van der Waals surface area contributed by atoms with Crippen LogP contribution in [0.25, 0.3) is 10.9 Å². The molecule has 1 aliphatic rings. The number of hydrogen-bond acceptors (Lipinski definition) is 8. The van der Waals surface area contributed by atoms with Gasteiger partial charge in [-0.3, -0.25) is 15.2 Å². The lowest BCUT2D eigenvalue weighted by Gasteiger charge is -2.36. The summed E-state index contributed by atoms with van der Waals surface area (Å²) in [7, 11) is 1.23. The highest BCUT2D eigenvalue weighted by atomic mass is 16.5. The number of urea groups is 2. The molecule has 1 aliphatic heterocycles. The van der Waals surface area contributed by atoms with Gasteiger partial charge in [-0.05, 0) is 52.8 Å². The van der Waals surface area contributed by atoms with E-state index >= 15 is 0 Å². The average molecular weight is 774 g/mol. The number of aromatic nitrogens is 1. The zero-order chi connectivity index (χ0) is 41.2. The van der Waals surface area contributed by atoms with Gasteiger partial charge < -0.3 is 25.0 Å². The summed E-state index contributed by atoms with van der Waals surface area (Å²) in [4.78, 5) is 63.8. The largest absolute Gasteiger partial charge is 0.452 e. The maximum Gasteiger partial charge on any atom is 0.417 e. The van der Waals surface area contributed by atoms with Gasteiger partial charge in [0.05, 0.1) is 24.8 Å². The van der Waals surface area contributed by atoms with Crippen molar-refractivity contribution in [3.05, 3.63) is 78.0 Å². The van der Waals surface area contributed by atoms with Crippen LogP contribution in [-0.4, -0.2) is 112 Å². The summed E-state index contributed by atoms with van der Waals surface area (Å²) in [5.74, 6) is -0.527. The third-order valence-electron chi connectivity index (χ3n) is 10.2. The molecule has 1 aromatic heterocycles. The third-order valence-corrected chi connectivity index (χ3v) is 10.2. The molecule has 2 heterocycles. The summed E-state index contributed by atoms with van der Waals surface area (Å²) in [5, 5.41) is 17.7. The Hall–Kier alpha value is -4.75. The third kappa shape index (κ3) is 12.4. The number of fused-ring (bicyclic) bond motifs is 1. The Morgan fingerprint density at radius 3 is 2.29 bits per heavy atom. The van der Waals surface area contributed by atoms with Gasteiger partial charge in [0.25, 0.3) is 0 Å². The van der Waals surface area contributed by atoms with Crippen molar-refractivity contribution in [3.8, 4) is 0 Å². The lowest BCUT2D eigenvalue weighted by atomic mass is 9.92. The summed E-state index contributed by atoms with van der Waals surface area (Å²) in [5.41, 5.74) is 5.08. The van der Waals surface area contributed by atoms with E-state index in [1.807, 2.05) is 95.3 Å². The van der Waals surface area contributed by atoms with Crippen molar-refractivity contribution in [1.29, 1.82) is 0 Å². The van der Waals surface area contributed by atoms with Gasteiger partial charge in [-0.25, -0.2) is 24.3 Å². The molecule has 0 radical (unpaired) electrons. The number of nitrogens with one attached hydrogen (secondary N) is 2. The number of amides is 6. The summed E-state index contributed by atoms with van der Waals surface area (Å²) in [6.07, 6.45) is 1.42. The zero-order valence-electron chi connectivity index (χ0n) is 34.7. The van der Waals surface area contributed by atoms with E-state index in [9.17, 15) is 24.3 Å². The van der Waals surface area contributed by atoms with Gasteiger partial charge in [0.2, 0.25) is 5.91 Å². The number of rotatable bonds is 16. The number of aliphatic hydroxyl groups is 1. The number of carbonyl (C=O) groups is 4. The molecule has 3 aromatic rings. The van der Waals surface area contributed by atoms with Gasteiger partial charge in [0, 0.05) is 50.9 Å².